The second-order valence-electron chi connectivity index (χ2n) is 4.94. The van der Waals surface area contributed by atoms with Crippen LogP contribution in [0.2, 0.25) is 0 Å². The Kier molecular flexibility index (Phi) is 3.98. The molecule has 2 bridgehead atoms. The summed E-state index contributed by atoms with van der Waals surface area (Å²) in [6, 6.07) is 3.74. The zero-order chi connectivity index (χ0) is 14.1. The third-order valence-corrected chi connectivity index (χ3v) is 3.72. The molecule has 2 heterocycles. The minimum absolute atomic E-state index is 0.0819. The lowest BCUT2D eigenvalue weighted by molar-refractivity contribution is -0.205. The van der Waals surface area contributed by atoms with E-state index in [2.05, 4.69) is 0 Å². The molecule has 1 aromatic carbocycles. The number of ether oxygens (including phenoxy) is 4. The van der Waals surface area contributed by atoms with Gasteiger partial charge >= 0.3 is 0 Å². The molecule has 4 atom stereocenters. The maximum atomic E-state index is 13.5. The molecule has 0 saturated carbocycles. The molecular weight excluding hydrogens is 270 g/mol. The van der Waals surface area contributed by atoms with Crippen LogP contribution in [0.1, 0.15) is 12.0 Å². The van der Waals surface area contributed by atoms with Gasteiger partial charge in [0.25, 0.3) is 0 Å². The predicted octanol–water partition coefficient (Wildman–Crippen LogP) is 2.01. The molecule has 6 heteroatoms. The first kappa shape index (κ1) is 13.9. The van der Waals surface area contributed by atoms with E-state index < -0.39 is 24.0 Å². The fourth-order valence-electron chi connectivity index (χ4n) is 2.58. The summed E-state index contributed by atoms with van der Waals surface area (Å²) in [6.07, 6.45) is -0.500. The first-order valence-electron chi connectivity index (χ1n) is 6.53. The summed E-state index contributed by atoms with van der Waals surface area (Å²) >= 11 is 0. The molecule has 4 nitrogen and oxygen atoms in total. The second kappa shape index (κ2) is 5.73. The number of fused-ring (bicyclic) bond motifs is 2. The van der Waals surface area contributed by atoms with Crippen molar-refractivity contribution in [2.75, 3.05) is 13.7 Å². The Morgan fingerprint density at radius 1 is 1.25 bits per heavy atom. The standard InChI is InChI=1S/C14H16F2O4/c1-17-11-5-12(14-19-7-13(11)20-14)18-6-8-9(15)3-2-4-10(8)16/h2-4,11-14H,5-7H2,1H3. The summed E-state index contributed by atoms with van der Waals surface area (Å²) in [7, 11) is 1.60. The van der Waals surface area contributed by atoms with Gasteiger partial charge in [0.15, 0.2) is 6.29 Å². The Balaban J connectivity index is 1.66. The highest BCUT2D eigenvalue weighted by atomic mass is 19.1. The molecule has 0 spiro atoms. The van der Waals surface area contributed by atoms with Crippen molar-refractivity contribution in [1.82, 2.24) is 0 Å². The molecule has 2 aliphatic heterocycles. The number of hydrogen-bond donors (Lipinski definition) is 0. The van der Waals surface area contributed by atoms with Crippen molar-refractivity contribution in [1.29, 1.82) is 0 Å². The van der Waals surface area contributed by atoms with Gasteiger partial charge < -0.3 is 18.9 Å². The summed E-state index contributed by atoms with van der Waals surface area (Å²) in [5.74, 6) is -1.23. The lowest BCUT2D eigenvalue weighted by Crippen LogP contribution is -2.44. The molecule has 3 rings (SSSR count). The third kappa shape index (κ3) is 2.56. The van der Waals surface area contributed by atoms with Crippen LogP contribution in [0.25, 0.3) is 0 Å². The molecule has 0 amide bonds. The molecule has 0 N–H and O–H groups in total. The number of halogens is 2. The first-order valence-corrected chi connectivity index (χ1v) is 6.53. The van der Waals surface area contributed by atoms with Crippen LogP contribution in [0.3, 0.4) is 0 Å². The van der Waals surface area contributed by atoms with Gasteiger partial charge in [0.05, 0.1) is 19.3 Å². The van der Waals surface area contributed by atoms with Gasteiger partial charge in [0.2, 0.25) is 0 Å². The fourth-order valence-corrected chi connectivity index (χ4v) is 2.58. The van der Waals surface area contributed by atoms with E-state index in [1.54, 1.807) is 7.11 Å². The van der Waals surface area contributed by atoms with Crippen molar-refractivity contribution < 1.29 is 27.7 Å². The molecular formula is C14H16F2O4. The van der Waals surface area contributed by atoms with E-state index >= 15 is 0 Å². The Labute approximate surface area is 115 Å². The summed E-state index contributed by atoms with van der Waals surface area (Å²) in [5.41, 5.74) is -0.0819. The zero-order valence-corrected chi connectivity index (χ0v) is 11.1. The van der Waals surface area contributed by atoms with E-state index in [1.807, 2.05) is 0 Å². The Morgan fingerprint density at radius 3 is 2.70 bits per heavy atom. The van der Waals surface area contributed by atoms with Crippen LogP contribution in [0, 0.1) is 11.6 Å². The third-order valence-electron chi connectivity index (χ3n) is 3.72. The number of methoxy groups -OCH3 is 1. The lowest BCUT2D eigenvalue weighted by Gasteiger charge is -2.32. The van der Waals surface area contributed by atoms with E-state index in [0.29, 0.717) is 13.0 Å². The van der Waals surface area contributed by atoms with E-state index in [9.17, 15) is 8.78 Å². The van der Waals surface area contributed by atoms with Gasteiger partial charge in [-0.2, -0.15) is 0 Å². The number of rotatable bonds is 4. The van der Waals surface area contributed by atoms with Crippen molar-refractivity contribution >= 4 is 0 Å². The van der Waals surface area contributed by atoms with Crippen molar-refractivity contribution in [3.63, 3.8) is 0 Å². The van der Waals surface area contributed by atoms with Gasteiger partial charge in [-0.1, -0.05) is 6.07 Å². The first-order chi connectivity index (χ1) is 9.69. The van der Waals surface area contributed by atoms with Crippen LogP contribution < -0.4 is 0 Å². The van der Waals surface area contributed by atoms with Crippen LogP contribution in [-0.2, 0) is 25.6 Å². The lowest BCUT2D eigenvalue weighted by atomic mass is 10.0. The van der Waals surface area contributed by atoms with Crippen LogP contribution in [-0.4, -0.2) is 38.3 Å². The number of benzene rings is 1. The van der Waals surface area contributed by atoms with Gasteiger partial charge in [-0.15, -0.1) is 0 Å². The topological polar surface area (TPSA) is 36.9 Å². The monoisotopic (exact) mass is 286 g/mol. The van der Waals surface area contributed by atoms with Crippen LogP contribution in [0.4, 0.5) is 8.78 Å². The highest BCUT2D eigenvalue weighted by Crippen LogP contribution is 2.31. The quantitative estimate of drug-likeness (QED) is 0.848. The van der Waals surface area contributed by atoms with Crippen LogP contribution in [0.5, 0.6) is 0 Å². The molecule has 0 aliphatic carbocycles. The van der Waals surface area contributed by atoms with E-state index in [-0.39, 0.29) is 24.4 Å². The SMILES string of the molecule is COC1CC(OCc2c(F)cccc2F)C2OCC1O2. The zero-order valence-electron chi connectivity index (χ0n) is 11.1. The van der Waals surface area contributed by atoms with Crippen molar-refractivity contribution in [2.45, 2.75) is 37.6 Å². The van der Waals surface area contributed by atoms with Gasteiger partial charge in [0.1, 0.15) is 23.8 Å². The molecule has 1 aromatic rings. The Bertz CT molecular complexity index is 462. The molecule has 110 valence electrons. The minimum Gasteiger partial charge on any atom is -0.379 e. The van der Waals surface area contributed by atoms with Crippen molar-refractivity contribution in [2.24, 2.45) is 0 Å². The summed E-state index contributed by atoms with van der Waals surface area (Å²) < 4.78 is 49.0. The molecule has 0 aromatic heterocycles. The predicted molar refractivity (Wildman–Crippen MR) is 65.0 cm³/mol. The average Bonchev–Trinajstić information content (AvgIpc) is 2.85. The maximum absolute atomic E-state index is 13.5. The maximum Gasteiger partial charge on any atom is 0.184 e. The van der Waals surface area contributed by atoms with E-state index in [0.717, 1.165) is 0 Å². The largest absolute Gasteiger partial charge is 0.379 e. The molecule has 2 aliphatic rings. The molecule has 2 fully saturated rings. The number of hydrogen-bond acceptors (Lipinski definition) is 4. The summed E-state index contributed by atoms with van der Waals surface area (Å²) in [6.45, 7) is 0.296. The molecule has 0 radical (unpaired) electrons. The summed E-state index contributed by atoms with van der Waals surface area (Å²) in [5, 5.41) is 0. The Morgan fingerprint density at radius 2 is 2.00 bits per heavy atom. The average molecular weight is 286 g/mol. The highest BCUT2D eigenvalue weighted by Gasteiger charge is 2.44. The Hall–Kier alpha value is -1.08. The normalized spacial score (nSPS) is 32.5. The van der Waals surface area contributed by atoms with Crippen LogP contribution in [0.15, 0.2) is 18.2 Å². The van der Waals surface area contributed by atoms with Crippen LogP contribution >= 0.6 is 0 Å². The smallest absolute Gasteiger partial charge is 0.184 e. The van der Waals surface area contributed by atoms with Gasteiger partial charge in [0, 0.05) is 19.1 Å². The van der Waals surface area contributed by atoms with Gasteiger partial charge in [-0.25, -0.2) is 8.78 Å². The molecule has 20 heavy (non-hydrogen) atoms. The summed E-state index contributed by atoms with van der Waals surface area (Å²) in [4.78, 5) is 0. The van der Waals surface area contributed by atoms with Crippen molar-refractivity contribution in [3.05, 3.63) is 35.4 Å². The highest BCUT2D eigenvalue weighted by molar-refractivity contribution is 5.18. The second-order valence-corrected chi connectivity index (χ2v) is 4.94. The van der Waals surface area contributed by atoms with Gasteiger partial charge in [-0.3, -0.25) is 0 Å². The molecule has 4 unspecified atom stereocenters. The minimum atomic E-state index is -0.616. The van der Waals surface area contributed by atoms with E-state index in [1.165, 1.54) is 18.2 Å². The van der Waals surface area contributed by atoms with E-state index in [4.69, 9.17) is 18.9 Å². The molecule has 2 saturated heterocycles. The van der Waals surface area contributed by atoms with Crippen molar-refractivity contribution in [3.8, 4) is 0 Å². The van der Waals surface area contributed by atoms with Gasteiger partial charge in [-0.05, 0) is 12.1 Å². The fraction of sp³-hybridized carbons (Fsp3) is 0.571.